The lowest BCUT2D eigenvalue weighted by Gasteiger charge is -2.25. The molecule has 3 nitrogen and oxygen atoms in total. The largest absolute Gasteiger partial charge is 0.375 e. The van der Waals surface area contributed by atoms with Crippen molar-refractivity contribution in [2.75, 3.05) is 39.3 Å². The van der Waals surface area contributed by atoms with E-state index in [9.17, 15) is 0 Å². The summed E-state index contributed by atoms with van der Waals surface area (Å²) in [5.74, 6) is 0. The first-order valence-electron chi connectivity index (χ1n) is 5.68. The molecule has 0 aliphatic rings. The molecule has 0 amide bonds. The Labute approximate surface area is 94.2 Å². The van der Waals surface area contributed by atoms with Crippen molar-refractivity contribution in [3.63, 3.8) is 0 Å². The van der Waals surface area contributed by atoms with Crippen LogP contribution in [0.4, 0.5) is 0 Å². The van der Waals surface area contributed by atoms with Crippen LogP contribution in [-0.2, 0) is 0 Å². The van der Waals surface area contributed by atoms with E-state index in [1.54, 1.807) is 0 Å². The van der Waals surface area contributed by atoms with Gasteiger partial charge in [0.1, 0.15) is 0 Å². The van der Waals surface area contributed by atoms with Crippen molar-refractivity contribution in [3.8, 4) is 0 Å². The molecule has 0 aliphatic carbocycles. The van der Waals surface area contributed by atoms with E-state index < -0.39 is 0 Å². The van der Waals surface area contributed by atoms with Gasteiger partial charge in [-0.2, -0.15) is 0 Å². The van der Waals surface area contributed by atoms with Gasteiger partial charge in [-0.05, 0) is 19.2 Å². The smallest absolute Gasteiger partial charge is 0.0300 e. The molecular formula is C12H25N3. The number of hydrogen-bond donors (Lipinski definition) is 1. The van der Waals surface area contributed by atoms with Crippen LogP contribution in [0.1, 0.15) is 13.3 Å². The van der Waals surface area contributed by atoms with Crippen LogP contribution < -0.4 is 5.73 Å². The minimum absolute atomic E-state index is 0.682. The van der Waals surface area contributed by atoms with Crippen molar-refractivity contribution < 1.29 is 0 Å². The molecule has 0 radical (unpaired) electrons. The molecule has 0 atom stereocenters. The van der Waals surface area contributed by atoms with E-state index in [-0.39, 0.29) is 0 Å². The second-order valence-electron chi connectivity index (χ2n) is 3.60. The quantitative estimate of drug-likeness (QED) is 0.553. The van der Waals surface area contributed by atoms with Crippen LogP contribution in [0.5, 0.6) is 0 Å². The van der Waals surface area contributed by atoms with Crippen LogP contribution >= 0.6 is 0 Å². The zero-order valence-corrected chi connectivity index (χ0v) is 9.99. The van der Waals surface area contributed by atoms with Crippen LogP contribution in [0.25, 0.3) is 0 Å². The zero-order chi connectivity index (χ0) is 11.5. The van der Waals surface area contributed by atoms with Crippen LogP contribution in [0.15, 0.2) is 25.4 Å². The molecule has 0 heterocycles. The Kier molecular flexibility index (Phi) is 9.22. The molecule has 15 heavy (non-hydrogen) atoms. The first-order chi connectivity index (χ1) is 7.28. The van der Waals surface area contributed by atoms with E-state index in [0.29, 0.717) is 6.54 Å². The normalized spacial score (nSPS) is 10.3. The van der Waals surface area contributed by atoms with E-state index in [2.05, 4.69) is 29.9 Å². The van der Waals surface area contributed by atoms with Gasteiger partial charge in [-0.3, -0.25) is 4.90 Å². The fourth-order valence-corrected chi connectivity index (χ4v) is 1.52. The third-order valence-electron chi connectivity index (χ3n) is 2.31. The first-order valence-corrected chi connectivity index (χ1v) is 5.68. The summed E-state index contributed by atoms with van der Waals surface area (Å²) < 4.78 is 0. The van der Waals surface area contributed by atoms with E-state index in [4.69, 9.17) is 5.73 Å². The lowest BCUT2D eigenvalue weighted by Crippen LogP contribution is -2.35. The van der Waals surface area contributed by atoms with E-state index in [1.165, 1.54) is 6.42 Å². The highest BCUT2D eigenvalue weighted by Crippen LogP contribution is 1.94. The second kappa shape index (κ2) is 9.74. The molecule has 0 saturated heterocycles. The fraction of sp³-hybridized carbons (Fsp3) is 0.667. The summed E-state index contributed by atoms with van der Waals surface area (Å²) in [5.41, 5.74) is 5.51. The van der Waals surface area contributed by atoms with Crippen LogP contribution in [0.3, 0.4) is 0 Å². The summed E-state index contributed by atoms with van der Waals surface area (Å²) in [6.07, 6.45) is 5.00. The Morgan fingerprint density at radius 2 is 1.87 bits per heavy atom. The van der Waals surface area contributed by atoms with Gasteiger partial charge in [0.25, 0.3) is 0 Å². The van der Waals surface area contributed by atoms with Gasteiger partial charge in [-0.15, -0.1) is 6.58 Å². The molecule has 88 valence electrons. The number of hydrogen-bond acceptors (Lipinski definition) is 3. The molecular weight excluding hydrogens is 186 g/mol. The molecule has 0 fully saturated rings. The van der Waals surface area contributed by atoms with Gasteiger partial charge in [0.2, 0.25) is 0 Å². The van der Waals surface area contributed by atoms with Crippen LogP contribution in [0.2, 0.25) is 0 Å². The van der Waals surface area contributed by atoms with Crippen molar-refractivity contribution in [2.24, 2.45) is 5.73 Å². The lowest BCUT2D eigenvalue weighted by atomic mass is 10.3. The average Bonchev–Trinajstić information content (AvgIpc) is 2.24. The maximum absolute atomic E-state index is 5.51. The minimum atomic E-state index is 0.682. The topological polar surface area (TPSA) is 32.5 Å². The first kappa shape index (κ1) is 14.2. The predicted octanol–water partition coefficient (Wildman–Crippen LogP) is 1.29. The van der Waals surface area contributed by atoms with E-state index in [1.807, 2.05) is 12.3 Å². The van der Waals surface area contributed by atoms with Gasteiger partial charge >= 0.3 is 0 Å². The third-order valence-corrected chi connectivity index (χ3v) is 2.31. The number of rotatable bonds is 10. The van der Waals surface area contributed by atoms with Gasteiger partial charge < -0.3 is 10.6 Å². The van der Waals surface area contributed by atoms with Gasteiger partial charge in [-0.25, -0.2) is 0 Å². The Morgan fingerprint density at radius 3 is 2.33 bits per heavy atom. The fourth-order valence-electron chi connectivity index (χ4n) is 1.52. The van der Waals surface area contributed by atoms with Crippen molar-refractivity contribution in [1.29, 1.82) is 0 Å². The summed E-state index contributed by atoms with van der Waals surface area (Å²) in [4.78, 5) is 4.55. The Morgan fingerprint density at radius 1 is 1.13 bits per heavy atom. The highest BCUT2D eigenvalue weighted by atomic mass is 15.2. The molecule has 0 saturated carbocycles. The third kappa shape index (κ3) is 7.17. The number of nitrogens with zero attached hydrogens (tertiary/aromatic N) is 2. The van der Waals surface area contributed by atoms with Crippen LogP contribution in [0, 0.1) is 0 Å². The van der Waals surface area contributed by atoms with E-state index >= 15 is 0 Å². The predicted molar refractivity (Wildman–Crippen MR) is 67.8 cm³/mol. The molecule has 0 aromatic rings. The van der Waals surface area contributed by atoms with Crippen molar-refractivity contribution in [1.82, 2.24) is 9.80 Å². The van der Waals surface area contributed by atoms with Gasteiger partial charge in [0, 0.05) is 32.7 Å². The zero-order valence-electron chi connectivity index (χ0n) is 9.99. The monoisotopic (exact) mass is 211 g/mol. The summed E-state index contributed by atoms with van der Waals surface area (Å²) in [6.45, 7) is 15.4. The molecule has 2 N–H and O–H groups in total. The molecule has 0 bridgehead atoms. The Bertz CT molecular complexity index is 168. The average molecular weight is 211 g/mol. The van der Waals surface area contributed by atoms with Gasteiger partial charge in [0.05, 0.1) is 0 Å². The minimum Gasteiger partial charge on any atom is -0.375 e. The molecule has 3 heteroatoms. The van der Waals surface area contributed by atoms with Crippen molar-refractivity contribution >= 4 is 0 Å². The summed E-state index contributed by atoms with van der Waals surface area (Å²) in [5, 5.41) is 0. The highest BCUT2D eigenvalue weighted by molar-refractivity contribution is 4.76. The molecule has 0 aromatic heterocycles. The maximum atomic E-state index is 5.51. The molecule has 0 unspecified atom stereocenters. The number of nitrogens with two attached hydrogens (primary N) is 1. The second-order valence-corrected chi connectivity index (χ2v) is 3.60. The Hall–Kier alpha value is -0.800. The summed E-state index contributed by atoms with van der Waals surface area (Å²) in [7, 11) is 0. The molecule has 0 aromatic carbocycles. The van der Waals surface area contributed by atoms with Crippen LogP contribution in [-0.4, -0.2) is 49.1 Å². The maximum Gasteiger partial charge on any atom is 0.0300 e. The standard InChI is InChI=1S/C12H25N3/c1-4-8-15(9-5-2)12-11-14(6-3)10-7-13/h4,6H,1,3,5,7-13H2,2H3. The highest BCUT2D eigenvalue weighted by Gasteiger charge is 2.03. The molecule has 0 spiro atoms. The Balaban J connectivity index is 3.83. The summed E-state index contributed by atoms with van der Waals surface area (Å²) >= 11 is 0. The van der Waals surface area contributed by atoms with Gasteiger partial charge in [-0.1, -0.05) is 19.6 Å². The van der Waals surface area contributed by atoms with E-state index in [0.717, 1.165) is 32.7 Å². The van der Waals surface area contributed by atoms with Crippen molar-refractivity contribution in [2.45, 2.75) is 13.3 Å². The van der Waals surface area contributed by atoms with Crippen molar-refractivity contribution in [3.05, 3.63) is 25.4 Å². The SMILES string of the molecule is C=CCN(CCC)CCN(C=C)CCN. The van der Waals surface area contributed by atoms with Gasteiger partial charge in [0.15, 0.2) is 0 Å². The molecule has 0 aliphatic heterocycles. The summed E-state index contributed by atoms with van der Waals surface area (Å²) in [6, 6.07) is 0. The molecule has 0 rings (SSSR count). The lowest BCUT2D eigenvalue weighted by molar-refractivity contribution is 0.258.